The second kappa shape index (κ2) is 10.7. The molecule has 0 bridgehead atoms. The van der Waals surface area contributed by atoms with Crippen LogP contribution in [0.4, 0.5) is 10.5 Å². The van der Waals surface area contributed by atoms with Gasteiger partial charge in [-0.15, -0.1) is 0 Å². The van der Waals surface area contributed by atoms with Gasteiger partial charge in [-0.1, -0.05) is 59.8 Å². The predicted octanol–water partition coefficient (Wildman–Crippen LogP) is 4.79. The van der Waals surface area contributed by atoms with Crippen molar-refractivity contribution in [2.24, 2.45) is 0 Å². The van der Waals surface area contributed by atoms with Crippen molar-refractivity contribution < 1.29 is 14.3 Å². The van der Waals surface area contributed by atoms with Gasteiger partial charge in [0.2, 0.25) is 5.91 Å². The number of aryl methyl sites for hydroxylation is 2. The standard InChI is InChI=1S/C25H28N4O3S/c1-17-10-11-21(18(2)13-17)27-24(31)28-23(30)16-33-25-26-14-22(19-7-4-3-5-8-19)29(25)15-20-9-6-12-32-20/h3-5,7-8,10-11,13-14,20H,6,9,12,15-16H2,1-2H3,(H2,27,28,30,31). The number of amides is 3. The van der Waals surface area contributed by atoms with Crippen molar-refractivity contribution in [3.8, 4) is 11.3 Å². The zero-order chi connectivity index (χ0) is 23.2. The maximum absolute atomic E-state index is 12.4. The van der Waals surface area contributed by atoms with Gasteiger partial charge in [-0.05, 0) is 43.9 Å². The summed E-state index contributed by atoms with van der Waals surface area (Å²) >= 11 is 1.31. The normalized spacial score (nSPS) is 15.4. The number of hydrogen-bond donors (Lipinski definition) is 2. The molecule has 1 saturated heterocycles. The maximum atomic E-state index is 12.4. The van der Waals surface area contributed by atoms with Gasteiger partial charge in [0.05, 0.1) is 30.3 Å². The van der Waals surface area contributed by atoms with Crippen LogP contribution in [0.25, 0.3) is 11.3 Å². The Bertz CT molecular complexity index is 1120. The molecule has 3 aromatic rings. The van der Waals surface area contributed by atoms with E-state index in [4.69, 9.17) is 4.74 Å². The minimum Gasteiger partial charge on any atom is -0.376 e. The smallest absolute Gasteiger partial charge is 0.325 e. The molecule has 4 rings (SSSR count). The lowest BCUT2D eigenvalue weighted by Crippen LogP contribution is -2.35. The fourth-order valence-corrected chi connectivity index (χ4v) is 4.67. The second-order valence-corrected chi connectivity index (χ2v) is 9.09. The topological polar surface area (TPSA) is 85.3 Å². The van der Waals surface area contributed by atoms with Gasteiger partial charge in [-0.25, -0.2) is 9.78 Å². The fourth-order valence-electron chi connectivity index (χ4n) is 3.88. The Balaban J connectivity index is 1.40. The van der Waals surface area contributed by atoms with E-state index in [2.05, 4.69) is 20.2 Å². The highest BCUT2D eigenvalue weighted by molar-refractivity contribution is 7.99. The van der Waals surface area contributed by atoms with Gasteiger partial charge in [0, 0.05) is 12.3 Å². The summed E-state index contributed by atoms with van der Waals surface area (Å²) in [5.41, 5.74) is 4.78. The van der Waals surface area contributed by atoms with Crippen LogP contribution in [0.5, 0.6) is 0 Å². The summed E-state index contributed by atoms with van der Waals surface area (Å²) in [5.74, 6) is -0.299. The third-order valence-corrected chi connectivity index (χ3v) is 6.50. The first-order chi connectivity index (χ1) is 16.0. The molecule has 2 aromatic carbocycles. The molecule has 0 saturated carbocycles. The van der Waals surface area contributed by atoms with E-state index in [1.54, 1.807) is 0 Å². The molecule has 2 N–H and O–H groups in total. The maximum Gasteiger partial charge on any atom is 0.325 e. The van der Waals surface area contributed by atoms with E-state index in [1.807, 2.05) is 68.6 Å². The quantitative estimate of drug-likeness (QED) is 0.491. The van der Waals surface area contributed by atoms with Gasteiger partial charge in [-0.2, -0.15) is 0 Å². The summed E-state index contributed by atoms with van der Waals surface area (Å²) in [5, 5.41) is 5.87. The number of benzene rings is 2. The van der Waals surface area contributed by atoms with E-state index in [0.29, 0.717) is 12.2 Å². The van der Waals surface area contributed by atoms with Crippen molar-refractivity contribution in [1.29, 1.82) is 0 Å². The fraction of sp³-hybridized carbons (Fsp3) is 0.320. The average molecular weight is 465 g/mol. The number of anilines is 1. The van der Waals surface area contributed by atoms with Crippen LogP contribution in [0.2, 0.25) is 0 Å². The first-order valence-corrected chi connectivity index (χ1v) is 12.0. The SMILES string of the molecule is Cc1ccc(NC(=O)NC(=O)CSc2ncc(-c3ccccc3)n2CC2CCCO2)c(C)c1. The highest BCUT2D eigenvalue weighted by Crippen LogP contribution is 2.28. The van der Waals surface area contributed by atoms with E-state index in [1.165, 1.54) is 11.8 Å². The lowest BCUT2D eigenvalue weighted by Gasteiger charge is -2.16. The van der Waals surface area contributed by atoms with E-state index >= 15 is 0 Å². The molecule has 1 aliphatic heterocycles. The van der Waals surface area contributed by atoms with E-state index in [0.717, 1.165) is 47.0 Å². The number of urea groups is 1. The van der Waals surface area contributed by atoms with E-state index in [9.17, 15) is 9.59 Å². The van der Waals surface area contributed by atoms with Gasteiger partial charge < -0.3 is 14.6 Å². The monoisotopic (exact) mass is 464 g/mol. The molecule has 7 nitrogen and oxygen atoms in total. The average Bonchev–Trinajstić information content (AvgIpc) is 3.45. The summed E-state index contributed by atoms with van der Waals surface area (Å²) in [4.78, 5) is 29.3. The van der Waals surface area contributed by atoms with Crippen LogP contribution in [-0.4, -0.2) is 40.0 Å². The molecule has 2 heterocycles. The second-order valence-electron chi connectivity index (χ2n) is 8.15. The lowest BCUT2D eigenvalue weighted by molar-refractivity contribution is -0.117. The van der Waals surface area contributed by atoms with Crippen LogP contribution in [-0.2, 0) is 16.1 Å². The molecule has 1 aromatic heterocycles. The molecule has 1 aliphatic rings. The number of hydrogen-bond acceptors (Lipinski definition) is 5. The van der Waals surface area contributed by atoms with Crippen molar-refractivity contribution in [3.05, 3.63) is 65.9 Å². The molecular formula is C25H28N4O3S. The first kappa shape index (κ1) is 23.1. The summed E-state index contributed by atoms with van der Waals surface area (Å²) in [6.07, 6.45) is 4.03. The molecule has 0 spiro atoms. The molecule has 1 unspecified atom stereocenters. The zero-order valence-corrected chi connectivity index (χ0v) is 19.7. The number of carbonyl (C=O) groups is 2. The van der Waals surface area contributed by atoms with Crippen LogP contribution >= 0.6 is 11.8 Å². The number of imidazole rings is 1. The summed E-state index contributed by atoms with van der Waals surface area (Å²) in [7, 11) is 0. The summed E-state index contributed by atoms with van der Waals surface area (Å²) in [6.45, 7) is 5.36. The Morgan fingerprint density at radius 2 is 2.00 bits per heavy atom. The Morgan fingerprint density at radius 1 is 1.18 bits per heavy atom. The molecule has 0 aliphatic carbocycles. The van der Waals surface area contributed by atoms with Crippen LogP contribution in [0.3, 0.4) is 0 Å². The number of thioether (sulfide) groups is 1. The predicted molar refractivity (Wildman–Crippen MR) is 130 cm³/mol. The molecule has 0 radical (unpaired) electrons. The molecule has 1 atom stereocenters. The first-order valence-electron chi connectivity index (χ1n) is 11.0. The van der Waals surface area contributed by atoms with Crippen molar-refractivity contribution in [2.75, 3.05) is 17.7 Å². The van der Waals surface area contributed by atoms with Crippen LogP contribution in [0, 0.1) is 13.8 Å². The highest BCUT2D eigenvalue weighted by Gasteiger charge is 2.21. The third-order valence-electron chi connectivity index (χ3n) is 5.51. The lowest BCUT2D eigenvalue weighted by atomic mass is 10.1. The number of nitrogens with one attached hydrogen (secondary N) is 2. The third kappa shape index (κ3) is 6.03. The molecule has 3 amide bonds. The Hall–Kier alpha value is -3.10. The van der Waals surface area contributed by atoms with Crippen LogP contribution in [0.1, 0.15) is 24.0 Å². The number of carbonyl (C=O) groups excluding carboxylic acids is 2. The zero-order valence-electron chi connectivity index (χ0n) is 18.8. The number of imide groups is 1. The summed E-state index contributed by atoms with van der Waals surface area (Å²) in [6, 6.07) is 15.2. The molecule has 172 valence electrons. The molecular weight excluding hydrogens is 436 g/mol. The summed E-state index contributed by atoms with van der Waals surface area (Å²) < 4.78 is 7.94. The van der Waals surface area contributed by atoms with Gasteiger partial charge in [0.25, 0.3) is 0 Å². The number of rotatable bonds is 7. The van der Waals surface area contributed by atoms with Crippen molar-refractivity contribution in [1.82, 2.24) is 14.9 Å². The van der Waals surface area contributed by atoms with Gasteiger partial charge in [0.1, 0.15) is 0 Å². The van der Waals surface area contributed by atoms with Crippen LogP contribution < -0.4 is 10.6 Å². The van der Waals surface area contributed by atoms with Gasteiger partial charge in [-0.3, -0.25) is 10.1 Å². The molecule has 8 heteroatoms. The Kier molecular flexibility index (Phi) is 7.47. The minimum absolute atomic E-state index is 0.0804. The van der Waals surface area contributed by atoms with E-state index < -0.39 is 6.03 Å². The van der Waals surface area contributed by atoms with Crippen molar-refractivity contribution in [3.63, 3.8) is 0 Å². The Labute approximate surface area is 197 Å². The number of aromatic nitrogens is 2. The number of nitrogens with zero attached hydrogens (tertiary/aromatic N) is 2. The van der Waals surface area contributed by atoms with E-state index in [-0.39, 0.29) is 17.8 Å². The van der Waals surface area contributed by atoms with Gasteiger partial charge >= 0.3 is 6.03 Å². The molecule has 1 fully saturated rings. The Morgan fingerprint density at radius 3 is 2.73 bits per heavy atom. The largest absolute Gasteiger partial charge is 0.376 e. The number of ether oxygens (including phenoxy) is 1. The minimum atomic E-state index is -0.541. The van der Waals surface area contributed by atoms with Crippen molar-refractivity contribution >= 4 is 29.4 Å². The molecule has 33 heavy (non-hydrogen) atoms. The highest BCUT2D eigenvalue weighted by atomic mass is 32.2. The van der Waals surface area contributed by atoms with Gasteiger partial charge in [0.15, 0.2) is 5.16 Å². The van der Waals surface area contributed by atoms with Crippen molar-refractivity contribution in [2.45, 2.75) is 44.5 Å². The van der Waals surface area contributed by atoms with Crippen LogP contribution in [0.15, 0.2) is 59.9 Å².